The highest BCUT2D eigenvalue weighted by molar-refractivity contribution is 7.09. The van der Waals surface area contributed by atoms with Gasteiger partial charge in [0.2, 0.25) is 0 Å². The van der Waals surface area contributed by atoms with Crippen LogP contribution in [0.1, 0.15) is 31.1 Å². The van der Waals surface area contributed by atoms with Gasteiger partial charge >= 0.3 is 0 Å². The minimum absolute atomic E-state index is 0.344. The van der Waals surface area contributed by atoms with Crippen LogP contribution in [0, 0.1) is 0 Å². The van der Waals surface area contributed by atoms with E-state index in [1.807, 2.05) is 11.7 Å². The van der Waals surface area contributed by atoms with Gasteiger partial charge in [0.1, 0.15) is 0 Å². The predicted octanol–water partition coefficient (Wildman–Crippen LogP) is 1.75. The maximum absolute atomic E-state index is 5.66. The minimum Gasteiger partial charge on any atom is -0.328 e. The zero-order valence-corrected chi connectivity index (χ0v) is 9.52. The molecule has 80 valence electrons. The molecule has 0 spiro atoms. The molecule has 0 aliphatic rings. The molecule has 1 heterocycles. The summed E-state index contributed by atoms with van der Waals surface area (Å²) in [5.74, 6) is 0. The molecule has 0 fully saturated rings. The van der Waals surface area contributed by atoms with Crippen molar-refractivity contribution in [3.63, 3.8) is 0 Å². The number of rotatable bonds is 7. The molecule has 0 saturated carbocycles. The first-order valence-corrected chi connectivity index (χ1v) is 6.00. The van der Waals surface area contributed by atoms with E-state index in [1.165, 1.54) is 17.7 Å². The highest BCUT2D eigenvalue weighted by Gasteiger charge is 1.95. The molecule has 3 nitrogen and oxygen atoms in total. The van der Waals surface area contributed by atoms with Crippen LogP contribution in [0.25, 0.3) is 0 Å². The summed E-state index contributed by atoms with van der Waals surface area (Å²) in [4.78, 5) is 5.33. The lowest BCUT2D eigenvalue weighted by Gasteiger charge is -2.05. The molecule has 0 aromatic carbocycles. The average Bonchev–Trinajstić information content (AvgIpc) is 2.63. The van der Waals surface area contributed by atoms with Crippen LogP contribution in [0.3, 0.4) is 0 Å². The second-order valence-corrected chi connectivity index (χ2v) is 4.59. The van der Waals surface area contributed by atoms with Gasteiger partial charge in [-0.2, -0.15) is 0 Å². The van der Waals surface area contributed by atoms with E-state index in [0.717, 1.165) is 19.5 Å². The summed E-state index contributed by atoms with van der Waals surface area (Å²) in [7, 11) is 0. The van der Waals surface area contributed by atoms with Crippen LogP contribution in [0.15, 0.2) is 11.7 Å². The summed E-state index contributed by atoms with van der Waals surface area (Å²) in [5, 5.41) is 3.39. The second kappa shape index (κ2) is 6.92. The van der Waals surface area contributed by atoms with Gasteiger partial charge in [0.25, 0.3) is 0 Å². The van der Waals surface area contributed by atoms with E-state index in [-0.39, 0.29) is 0 Å². The molecular weight excluding hydrogens is 194 g/mol. The molecule has 0 radical (unpaired) electrons. The number of hydrogen-bond donors (Lipinski definition) is 2. The topological polar surface area (TPSA) is 50.9 Å². The van der Waals surface area contributed by atoms with Crippen LogP contribution in [0.5, 0.6) is 0 Å². The van der Waals surface area contributed by atoms with Crippen molar-refractivity contribution in [1.82, 2.24) is 10.3 Å². The lowest BCUT2D eigenvalue weighted by molar-refractivity contribution is 0.565. The Kier molecular flexibility index (Phi) is 5.75. The quantitative estimate of drug-likeness (QED) is 0.678. The molecule has 1 aromatic rings. The fraction of sp³-hybridized carbons (Fsp3) is 0.700. The molecule has 0 aliphatic heterocycles. The maximum Gasteiger partial charge on any atom is 0.0794 e. The number of thiazole rings is 1. The molecule has 0 saturated heterocycles. The van der Waals surface area contributed by atoms with Gasteiger partial charge in [-0.05, 0) is 26.3 Å². The van der Waals surface area contributed by atoms with Crippen molar-refractivity contribution in [2.45, 2.75) is 38.8 Å². The normalized spacial score (nSPS) is 13.0. The summed E-state index contributed by atoms with van der Waals surface area (Å²) in [6.45, 7) is 4.08. The molecule has 1 unspecified atom stereocenters. The predicted molar refractivity (Wildman–Crippen MR) is 61.3 cm³/mol. The maximum atomic E-state index is 5.66. The molecule has 1 aromatic heterocycles. The summed E-state index contributed by atoms with van der Waals surface area (Å²) in [6, 6.07) is 0.344. The summed E-state index contributed by atoms with van der Waals surface area (Å²) < 4.78 is 0. The summed E-state index contributed by atoms with van der Waals surface area (Å²) in [6.07, 6.45) is 5.47. The van der Waals surface area contributed by atoms with Gasteiger partial charge < -0.3 is 11.1 Å². The van der Waals surface area contributed by atoms with Crippen molar-refractivity contribution in [1.29, 1.82) is 0 Å². The van der Waals surface area contributed by atoms with E-state index >= 15 is 0 Å². The van der Waals surface area contributed by atoms with Gasteiger partial charge in [-0.1, -0.05) is 6.42 Å². The summed E-state index contributed by atoms with van der Waals surface area (Å²) >= 11 is 1.70. The van der Waals surface area contributed by atoms with E-state index < -0.39 is 0 Å². The Hall–Kier alpha value is -0.450. The Balaban J connectivity index is 1.90. The van der Waals surface area contributed by atoms with Crippen molar-refractivity contribution < 1.29 is 0 Å². The van der Waals surface area contributed by atoms with Gasteiger partial charge in [0.05, 0.1) is 5.51 Å². The number of nitrogens with two attached hydrogens (primary N) is 1. The van der Waals surface area contributed by atoms with Crippen molar-refractivity contribution in [3.8, 4) is 0 Å². The van der Waals surface area contributed by atoms with Crippen molar-refractivity contribution in [3.05, 3.63) is 16.6 Å². The lowest BCUT2D eigenvalue weighted by atomic mass is 10.1. The smallest absolute Gasteiger partial charge is 0.0794 e. The second-order valence-electron chi connectivity index (χ2n) is 3.62. The average molecular weight is 213 g/mol. The number of nitrogens with one attached hydrogen (secondary N) is 1. The molecule has 3 N–H and O–H groups in total. The van der Waals surface area contributed by atoms with E-state index in [4.69, 9.17) is 5.73 Å². The van der Waals surface area contributed by atoms with Crippen LogP contribution in [-0.2, 0) is 6.54 Å². The van der Waals surface area contributed by atoms with E-state index in [9.17, 15) is 0 Å². The van der Waals surface area contributed by atoms with Crippen LogP contribution in [-0.4, -0.2) is 17.6 Å². The monoisotopic (exact) mass is 213 g/mol. The number of hydrogen-bond acceptors (Lipinski definition) is 4. The molecule has 14 heavy (non-hydrogen) atoms. The summed E-state index contributed by atoms with van der Waals surface area (Å²) in [5.41, 5.74) is 7.53. The third-order valence-electron chi connectivity index (χ3n) is 2.05. The zero-order chi connectivity index (χ0) is 10.2. The SMILES string of the molecule is CC(N)CCCCNCc1cncs1. The first-order valence-electron chi connectivity index (χ1n) is 5.12. The first-order chi connectivity index (χ1) is 6.79. The molecule has 4 heteroatoms. The molecule has 0 amide bonds. The molecule has 1 atom stereocenters. The number of nitrogens with zero attached hydrogens (tertiary/aromatic N) is 1. The fourth-order valence-electron chi connectivity index (χ4n) is 1.26. The van der Waals surface area contributed by atoms with E-state index in [2.05, 4.69) is 17.2 Å². The minimum atomic E-state index is 0.344. The molecule has 1 rings (SSSR count). The Morgan fingerprint density at radius 1 is 1.57 bits per heavy atom. The highest BCUT2D eigenvalue weighted by Crippen LogP contribution is 2.04. The Morgan fingerprint density at radius 2 is 2.43 bits per heavy atom. The van der Waals surface area contributed by atoms with Gasteiger partial charge in [0, 0.05) is 23.7 Å². The van der Waals surface area contributed by atoms with Crippen LogP contribution in [0.4, 0.5) is 0 Å². The van der Waals surface area contributed by atoms with E-state index in [0.29, 0.717) is 6.04 Å². The largest absolute Gasteiger partial charge is 0.328 e. The highest BCUT2D eigenvalue weighted by atomic mass is 32.1. The van der Waals surface area contributed by atoms with Crippen LogP contribution >= 0.6 is 11.3 Å². The van der Waals surface area contributed by atoms with E-state index in [1.54, 1.807) is 11.3 Å². The Morgan fingerprint density at radius 3 is 3.07 bits per heavy atom. The molecule has 0 bridgehead atoms. The third-order valence-corrected chi connectivity index (χ3v) is 2.83. The standard InChI is InChI=1S/C10H19N3S/c1-9(11)4-2-3-5-12-6-10-7-13-8-14-10/h7-9,12H,2-6,11H2,1H3. The van der Waals surface area contributed by atoms with Crippen molar-refractivity contribution in [2.75, 3.05) is 6.54 Å². The lowest BCUT2D eigenvalue weighted by Crippen LogP contribution is -2.17. The fourth-order valence-corrected chi connectivity index (χ4v) is 1.82. The van der Waals surface area contributed by atoms with Crippen molar-refractivity contribution >= 4 is 11.3 Å². The van der Waals surface area contributed by atoms with Crippen LogP contribution < -0.4 is 11.1 Å². The Labute approximate surface area is 89.7 Å². The number of aromatic nitrogens is 1. The zero-order valence-electron chi connectivity index (χ0n) is 8.70. The number of unbranched alkanes of at least 4 members (excludes halogenated alkanes) is 1. The third kappa shape index (κ3) is 5.32. The molecular formula is C10H19N3S. The first kappa shape index (κ1) is 11.6. The Bertz CT molecular complexity index is 221. The van der Waals surface area contributed by atoms with Gasteiger partial charge in [-0.15, -0.1) is 11.3 Å². The van der Waals surface area contributed by atoms with Gasteiger partial charge in [0.15, 0.2) is 0 Å². The van der Waals surface area contributed by atoms with Gasteiger partial charge in [-0.25, -0.2) is 0 Å². The molecule has 0 aliphatic carbocycles. The van der Waals surface area contributed by atoms with Gasteiger partial charge in [-0.3, -0.25) is 4.98 Å². The van der Waals surface area contributed by atoms with Crippen LogP contribution in [0.2, 0.25) is 0 Å². The van der Waals surface area contributed by atoms with Crippen molar-refractivity contribution in [2.24, 2.45) is 5.73 Å².